The zero-order valence-electron chi connectivity index (χ0n) is 14.8. The van der Waals surface area contributed by atoms with Gasteiger partial charge in [0, 0.05) is 41.0 Å². The number of benzene rings is 1. The third-order valence-electron chi connectivity index (χ3n) is 4.32. The molecule has 0 spiro atoms. The minimum absolute atomic E-state index is 0.238. The van der Waals surface area contributed by atoms with Crippen LogP contribution in [0.15, 0.2) is 30.6 Å². The lowest BCUT2D eigenvalue weighted by molar-refractivity contribution is -0.137. The fourth-order valence-electron chi connectivity index (χ4n) is 2.86. The summed E-state index contributed by atoms with van der Waals surface area (Å²) in [5.41, 5.74) is 0.00839. The van der Waals surface area contributed by atoms with E-state index in [1.165, 1.54) is 0 Å². The monoisotopic (exact) mass is 398 g/mol. The number of carboxylic acid groups (broad SMARTS) is 1. The molecule has 0 amide bonds. The van der Waals surface area contributed by atoms with Crippen LogP contribution in [0.25, 0.3) is 0 Å². The van der Waals surface area contributed by atoms with Crippen LogP contribution in [0.1, 0.15) is 56.8 Å². The van der Waals surface area contributed by atoms with Gasteiger partial charge in [0.05, 0.1) is 0 Å². The van der Waals surface area contributed by atoms with Crippen molar-refractivity contribution in [3.8, 4) is 0 Å². The maximum atomic E-state index is 10.5. The van der Waals surface area contributed by atoms with E-state index in [-0.39, 0.29) is 6.42 Å². The number of aromatic nitrogens is 2. The number of unbranched alkanes of at least 4 members (excludes halogenated alkanes) is 4. The molecule has 7 heteroatoms. The number of aliphatic carboxylic acids is 1. The van der Waals surface area contributed by atoms with E-state index in [4.69, 9.17) is 33.0 Å². The Bertz CT molecular complexity index is 707. The highest BCUT2D eigenvalue weighted by molar-refractivity contribution is 6.35. The average Bonchev–Trinajstić information content (AvgIpc) is 3.12. The summed E-state index contributed by atoms with van der Waals surface area (Å²) < 4.78 is 6.21. The Hall–Kier alpha value is -1.56. The summed E-state index contributed by atoms with van der Waals surface area (Å²) in [4.78, 5) is 18.0. The Morgan fingerprint density at radius 3 is 2.62 bits per heavy atom. The van der Waals surface area contributed by atoms with Gasteiger partial charge in [-0.3, -0.25) is 4.79 Å². The van der Waals surface area contributed by atoms with E-state index in [0.717, 1.165) is 37.7 Å². The molecular formula is C19H24Cl2N2O3. The molecule has 2 rings (SSSR count). The van der Waals surface area contributed by atoms with E-state index in [2.05, 4.69) is 9.97 Å². The first kappa shape index (κ1) is 20.7. The van der Waals surface area contributed by atoms with E-state index in [9.17, 15) is 4.79 Å². The third-order valence-corrected chi connectivity index (χ3v) is 4.87. The van der Waals surface area contributed by atoms with Gasteiger partial charge >= 0.3 is 5.97 Å². The maximum absolute atomic E-state index is 10.5. The van der Waals surface area contributed by atoms with E-state index in [0.29, 0.717) is 22.5 Å². The first-order chi connectivity index (χ1) is 12.4. The molecule has 0 bridgehead atoms. The first-order valence-electron chi connectivity index (χ1n) is 8.74. The highest BCUT2D eigenvalue weighted by Crippen LogP contribution is 2.37. The van der Waals surface area contributed by atoms with Crippen molar-refractivity contribution in [1.82, 2.24) is 9.97 Å². The number of ether oxygens (including phenoxy) is 1. The van der Waals surface area contributed by atoms with Crippen molar-refractivity contribution in [3.05, 3.63) is 52.0 Å². The van der Waals surface area contributed by atoms with Crippen molar-refractivity contribution in [2.75, 3.05) is 6.61 Å². The molecule has 0 aliphatic heterocycles. The molecule has 26 heavy (non-hydrogen) atoms. The summed E-state index contributed by atoms with van der Waals surface area (Å²) in [5.74, 6) is -0.0504. The molecule has 0 fully saturated rings. The number of carboxylic acids is 1. The molecule has 5 nitrogen and oxygen atoms in total. The number of carbonyl (C=O) groups is 1. The van der Waals surface area contributed by atoms with Crippen LogP contribution in [0.5, 0.6) is 0 Å². The lowest BCUT2D eigenvalue weighted by atomic mass is 9.94. The predicted molar refractivity (Wildman–Crippen MR) is 103 cm³/mol. The number of hydrogen-bond donors (Lipinski definition) is 2. The Morgan fingerprint density at radius 2 is 1.96 bits per heavy atom. The minimum atomic E-state index is -0.797. The van der Waals surface area contributed by atoms with E-state index in [1.54, 1.807) is 24.5 Å². The Morgan fingerprint density at radius 1 is 1.23 bits per heavy atom. The van der Waals surface area contributed by atoms with Crippen LogP contribution in [0.2, 0.25) is 10.0 Å². The van der Waals surface area contributed by atoms with E-state index < -0.39 is 11.6 Å². The molecule has 2 aromatic rings. The van der Waals surface area contributed by atoms with E-state index in [1.807, 2.05) is 13.0 Å². The van der Waals surface area contributed by atoms with Gasteiger partial charge < -0.3 is 14.8 Å². The molecule has 1 aromatic carbocycles. The van der Waals surface area contributed by atoms with Crippen LogP contribution in [0.3, 0.4) is 0 Å². The topological polar surface area (TPSA) is 75.2 Å². The first-order valence-corrected chi connectivity index (χ1v) is 9.50. The van der Waals surface area contributed by atoms with Crippen molar-refractivity contribution < 1.29 is 14.6 Å². The average molecular weight is 399 g/mol. The molecule has 1 heterocycles. The molecule has 0 radical (unpaired) electrons. The summed E-state index contributed by atoms with van der Waals surface area (Å²) >= 11 is 12.4. The summed E-state index contributed by atoms with van der Waals surface area (Å²) in [5, 5.41) is 9.74. The van der Waals surface area contributed by atoms with Crippen LogP contribution in [0.4, 0.5) is 0 Å². The quantitative estimate of drug-likeness (QED) is 0.495. The SMILES string of the molecule is CC(OCCCCCCCC(=O)O)(c1ncc[nH]1)c1ccc(Cl)cc1Cl. The number of imidazole rings is 1. The summed E-state index contributed by atoms with van der Waals surface area (Å²) in [6.07, 6.45) is 8.19. The van der Waals surface area contributed by atoms with Crippen LogP contribution in [0, 0.1) is 0 Å². The lowest BCUT2D eigenvalue weighted by Gasteiger charge is -2.29. The molecule has 1 atom stereocenters. The molecule has 142 valence electrons. The zero-order valence-corrected chi connectivity index (χ0v) is 16.3. The Kier molecular flexibility index (Phi) is 7.94. The van der Waals surface area contributed by atoms with Gasteiger partial charge in [-0.05, 0) is 31.9 Å². The number of nitrogens with one attached hydrogen (secondary N) is 1. The number of hydrogen-bond acceptors (Lipinski definition) is 3. The van der Waals surface area contributed by atoms with Gasteiger partial charge in [-0.15, -0.1) is 0 Å². The Labute approximate surface area is 163 Å². The second-order valence-electron chi connectivity index (χ2n) is 6.36. The van der Waals surface area contributed by atoms with Crippen molar-refractivity contribution in [2.24, 2.45) is 0 Å². The highest BCUT2D eigenvalue weighted by Gasteiger charge is 2.34. The predicted octanol–water partition coefficient (Wildman–Crippen LogP) is 5.42. The van der Waals surface area contributed by atoms with E-state index >= 15 is 0 Å². The van der Waals surface area contributed by atoms with Gasteiger partial charge in [-0.25, -0.2) is 4.98 Å². The number of aromatic amines is 1. The van der Waals surface area contributed by atoms with Gasteiger partial charge in [0.15, 0.2) is 0 Å². The second-order valence-corrected chi connectivity index (χ2v) is 7.20. The number of H-pyrrole nitrogens is 1. The maximum Gasteiger partial charge on any atom is 0.303 e. The van der Waals surface area contributed by atoms with Gasteiger partial charge in [0.2, 0.25) is 0 Å². The molecule has 0 aliphatic rings. The van der Waals surface area contributed by atoms with Crippen LogP contribution >= 0.6 is 23.2 Å². The molecule has 0 saturated heterocycles. The van der Waals surface area contributed by atoms with Gasteiger partial charge in [0.25, 0.3) is 0 Å². The third kappa shape index (κ3) is 5.73. The molecule has 2 N–H and O–H groups in total. The molecule has 1 unspecified atom stereocenters. The van der Waals surface area contributed by atoms with Crippen molar-refractivity contribution in [2.45, 2.75) is 51.0 Å². The summed E-state index contributed by atoms with van der Waals surface area (Å²) in [7, 11) is 0. The molecule has 0 aliphatic carbocycles. The molecule has 0 saturated carbocycles. The number of nitrogens with zero attached hydrogens (tertiary/aromatic N) is 1. The highest BCUT2D eigenvalue weighted by atomic mass is 35.5. The van der Waals surface area contributed by atoms with Gasteiger partial charge in [-0.2, -0.15) is 0 Å². The fourth-order valence-corrected chi connectivity index (χ4v) is 3.45. The van der Waals surface area contributed by atoms with Crippen molar-refractivity contribution in [1.29, 1.82) is 0 Å². The van der Waals surface area contributed by atoms with Crippen LogP contribution in [-0.4, -0.2) is 27.7 Å². The number of halogens is 2. The lowest BCUT2D eigenvalue weighted by Crippen LogP contribution is -2.30. The van der Waals surface area contributed by atoms with Gasteiger partial charge in [-0.1, -0.05) is 48.5 Å². The van der Waals surface area contributed by atoms with Crippen LogP contribution in [-0.2, 0) is 15.1 Å². The molecule has 1 aromatic heterocycles. The van der Waals surface area contributed by atoms with Crippen molar-refractivity contribution in [3.63, 3.8) is 0 Å². The summed E-state index contributed by atoms with van der Waals surface area (Å²) in [6.45, 7) is 2.49. The van der Waals surface area contributed by atoms with Crippen molar-refractivity contribution >= 4 is 29.2 Å². The zero-order chi connectivity index (χ0) is 19.0. The fraction of sp³-hybridized carbons (Fsp3) is 0.474. The normalized spacial score (nSPS) is 13.5. The second kappa shape index (κ2) is 9.95. The summed E-state index contributed by atoms with van der Waals surface area (Å²) in [6, 6.07) is 5.35. The largest absolute Gasteiger partial charge is 0.481 e. The standard InChI is InChI=1S/C19H24Cl2N2O3/c1-19(18-22-10-11-23-18,15-9-8-14(20)13-16(15)21)26-12-6-4-2-3-5-7-17(24)25/h8-11,13H,2-7,12H2,1H3,(H,22,23)(H,24,25). The smallest absolute Gasteiger partial charge is 0.303 e. The number of rotatable bonds is 11. The van der Waals surface area contributed by atoms with Gasteiger partial charge in [0.1, 0.15) is 11.4 Å². The minimum Gasteiger partial charge on any atom is -0.481 e. The molecular weight excluding hydrogens is 375 g/mol. The Balaban J connectivity index is 1.93. The van der Waals surface area contributed by atoms with Crippen LogP contribution < -0.4 is 0 Å².